The van der Waals surface area contributed by atoms with Crippen LogP contribution in [-0.2, 0) is 0 Å². The first-order chi connectivity index (χ1) is 34.8. The Morgan fingerprint density at radius 2 is 1.28 bits per heavy atom. The average molecular weight is 945 g/mol. The summed E-state index contributed by atoms with van der Waals surface area (Å²) in [6, 6.07) is 60.0. The third kappa shape index (κ3) is 6.53. The lowest BCUT2D eigenvalue weighted by molar-refractivity contribution is 0.785. The van der Waals surface area contributed by atoms with Gasteiger partial charge in [-0.05, 0) is 136 Å². The van der Waals surface area contributed by atoms with Gasteiger partial charge in [-0.15, -0.1) is 22.7 Å². The maximum Gasteiger partial charge on any atom is 0.101 e. The number of allylic oxidation sites excluding steroid dienone is 7. The standard InChI is InChI=1S/C65H44N4S2/c1-5-13-60-38(3)48-25-20-45(35-62(48)70-60)43-24-27-55-54(31-43)65-50-17-10-8-15-42(50)23-29-57(65)69(55)59-33-46(36-66)58(32-47(59)37-67)68-39(4)53(64-49-16-9-7-14-41(49)22-28-56(64)68)30-40(6-2)44-21-26-52-51-18-11-12-19-61(51)71-63(52)34-44/h5-32,34-35,46H,2,33H2,1,3-4H3/b13-5-,40-30+. The number of hydrogen-bond acceptors (Lipinski definition) is 4. The quantitative estimate of drug-likeness (QED) is 0.150. The highest BCUT2D eigenvalue weighted by atomic mass is 32.1. The van der Waals surface area contributed by atoms with Crippen molar-refractivity contribution >= 4 is 136 Å². The van der Waals surface area contributed by atoms with E-state index in [4.69, 9.17) is 0 Å². The van der Waals surface area contributed by atoms with E-state index in [2.05, 4.69) is 219 Å². The Morgan fingerprint density at radius 1 is 0.634 bits per heavy atom. The van der Waals surface area contributed by atoms with E-state index in [1.807, 2.05) is 34.8 Å². The monoisotopic (exact) mass is 944 g/mol. The Labute approximate surface area is 419 Å². The van der Waals surface area contributed by atoms with Crippen molar-refractivity contribution in [2.24, 2.45) is 5.92 Å². The van der Waals surface area contributed by atoms with Crippen LogP contribution in [0.2, 0.25) is 0 Å². The molecule has 6 heteroatoms. The Hall–Kier alpha value is -8.52. The van der Waals surface area contributed by atoms with Gasteiger partial charge in [0.15, 0.2) is 0 Å². The summed E-state index contributed by atoms with van der Waals surface area (Å²) in [5, 5.41) is 34.3. The van der Waals surface area contributed by atoms with Crippen molar-refractivity contribution in [2.75, 3.05) is 0 Å². The second kappa shape index (κ2) is 16.6. The van der Waals surface area contributed by atoms with Crippen LogP contribution in [0.25, 0.3) is 125 Å². The van der Waals surface area contributed by atoms with Gasteiger partial charge in [0.2, 0.25) is 0 Å². The molecule has 0 saturated heterocycles. The lowest BCUT2D eigenvalue weighted by Crippen LogP contribution is -2.17. The molecule has 71 heavy (non-hydrogen) atoms. The molecule has 12 aromatic rings. The molecule has 336 valence electrons. The SMILES string of the molecule is C=C/C(=C\c1c(C)n(C2=CC(C#N)=C(n3c4ccc(-c5ccc6c(C)c(/C=C\C)sc6c5)cc4c4c5ccccc5ccc43)CC2C#N)c2ccc3ccccc3c12)c1ccc2c(c1)sc1ccccc12. The fourth-order valence-electron chi connectivity index (χ4n) is 11.4. The van der Waals surface area contributed by atoms with Crippen molar-refractivity contribution in [1.82, 2.24) is 9.13 Å². The van der Waals surface area contributed by atoms with Crippen LogP contribution in [0.4, 0.5) is 0 Å². The van der Waals surface area contributed by atoms with Gasteiger partial charge in [-0.25, -0.2) is 0 Å². The molecule has 1 aliphatic carbocycles. The molecule has 1 unspecified atom stereocenters. The van der Waals surface area contributed by atoms with Crippen molar-refractivity contribution in [2.45, 2.75) is 27.2 Å². The van der Waals surface area contributed by atoms with Crippen LogP contribution >= 0.6 is 22.7 Å². The van der Waals surface area contributed by atoms with E-state index in [-0.39, 0.29) is 0 Å². The van der Waals surface area contributed by atoms with E-state index in [1.54, 1.807) is 0 Å². The molecule has 0 amide bonds. The van der Waals surface area contributed by atoms with Crippen molar-refractivity contribution in [3.8, 4) is 23.3 Å². The van der Waals surface area contributed by atoms with Gasteiger partial charge in [-0.3, -0.25) is 0 Å². The highest BCUT2D eigenvalue weighted by molar-refractivity contribution is 7.25. The van der Waals surface area contributed by atoms with Crippen molar-refractivity contribution in [1.29, 1.82) is 10.5 Å². The number of nitrogens with zero attached hydrogens (tertiary/aromatic N) is 4. The Balaban J connectivity index is 1.01. The zero-order valence-corrected chi connectivity index (χ0v) is 41.1. The number of rotatable bonds is 7. The highest BCUT2D eigenvalue weighted by Gasteiger charge is 2.31. The molecule has 1 aliphatic rings. The van der Waals surface area contributed by atoms with Crippen LogP contribution in [0.3, 0.4) is 0 Å². The fraction of sp³-hybridized carbons (Fsp3) is 0.0769. The fourth-order valence-corrected chi connectivity index (χ4v) is 13.8. The highest BCUT2D eigenvalue weighted by Crippen LogP contribution is 2.46. The van der Waals surface area contributed by atoms with E-state index in [0.29, 0.717) is 12.0 Å². The summed E-state index contributed by atoms with van der Waals surface area (Å²) >= 11 is 3.64. The number of nitriles is 2. The number of benzene rings is 8. The molecule has 0 spiro atoms. The van der Waals surface area contributed by atoms with Gasteiger partial charge in [-0.1, -0.05) is 128 Å². The lowest BCUT2D eigenvalue weighted by Gasteiger charge is -2.26. The molecule has 13 rings (SSSR count). The minimum Gasteiger partial charge on any atom is -0.316 e. The van der Waals surface area contributed by atoms with Crippen LogP contribution in [0.15, 0.2) is 182 Å². The zero-order valence-electron chi connectivity index (χ0n) is 39.4. The van der Waals surface area contributed by atoms with Gasteiger partial charge in [0.1, 0.15) is 6.07 Å². The Kier molecular flexibility index (Phi) is 9.94. The smallest absolute Gasteiger partial charge is 0.101 e. The van der Waals surface area contributed by atoms with Gasteiger partial charge >= 0.3 is 0 Å². The predicted molar refractivity (Wildman–Crippen MR) is 306 cm³/mol. The molecule has 0 bridgehead atoms. The third-order valence-corrected chi connectivity index (χ3v) is 17.2. The zero-order chi connectivity index (χ0) is 48.1. The van der Waals surface area contributed by atoms with Gasteiger partial charge in [0, 0.05) is 75.0 Å². The summed E-state index contributed by atoms with van der Waals surface area (Å²) in [4.78, 5) is 1.29. The molecule has 0 aliphatic heterocycles. The molecule has 0 radical (unpaired) electrons. The first kappa shape index (κ1) is 42.6. The van der Waals surface area contributed by atoms with Gasteiger partial charge in [0.05, 0.1) is 34.1 Å². The molecule has 0 saturated carbocycles. The Morgan fingerprint density at radius 3 is 2.03 bits per heavy atom. The van der Waals surface area contributed by atoms with Crippen molar-refractivity contribution in [3.05, 3.63) is 209 Å². The summed E-state index contributed by atoms with van der Waals surface area (Å²) in [6.07, 6.45) is 10.9. The molecule has 4 heterocycles. The summed E-state index contributed by atoms with van der Waals surface area (Å²) < 4.78 is 8.28. The lowest BCUT2D eigenvalue weighted by atomic mass is 9.90. The normalized spacial score (nSPS) is 14.6. The molecule has 0 N–H and O–H groups in total. The maximum atomic E-state index is 11.3. The topological polar surface area (TPSA) is 57.4 Å². The molecule has 1 atom stereocenters. The summed E-state index contributed by atoms with van der Waals surface area (Å²) in [5.41, 5.74) is 12.9. The number of fused-ring (bicyclic) bond motifs is 12. The molecule has 8 aromatic carbocycles. The van der Waals surface area contributed by atoms with Gasteiger partial charge in [0.25, 0.3) is 0 Å². The number of thiophene rings is 2. The van der Waals surface area contributed by atoms with Crippen LogP contribution in [0.1, 0.15) is 40.6 Å². The minimum atomic E-state index is -0.561. The average Bonchev–Trinajstić information content (AvgIpc) is 4.13. The van der Waals surface area contributed by atoms with Gasteiger partial charge in [-0.2, -0.15) is 10.5 Å². The second-order valence-corrected chi connectivity index (χ2v) is 20.8. The molecule has 4 aromatic heterocycles. The van der Waals surface area contributed by atoms with E-state index >= 15 is 0 Å². The van der Waals surface area contributed by atoms with Gasteiger partial charge < -0.3 is 9.13 Å². The number of aromatic nitrogens is 2. The molecule has 4 nitrogen and oxygen atoms in total. The predicted octanol–water partition coefficient (Wildman–Crippen LogP) is 18.5. The number of hydrogen-bond donors (Lipinski definition) is 0. The Bertz CT molecular complexity index is 4520. The van der Waals surface area contributed by atoms with E-state index in [0.717, 1.165) is 99.2 Å². The van der Waals surface area contributed by atoms with Crippen LogP contribution in [0.5, 0.6) is 0 Å². The summed E-state index contributed by atoms with van der Waals surface area (Å²) in [7, 11) is 0. The molecular formula is C65H44N4S2. The van der Waals surface area contributed by atoms with Crippen LogP contribution in [-0.4, -0.2) is 9.13 Å². The summed E-state index contributed by atoms with van der Waals surface area (Å²) in [5.74, 6) is -0.561. The largest absolute Gasteiger partial charge is 0.316 e. The summed E-state index contributed by atoms with van der Waals surface area (Å²) in [6.45, 7) is 10.7. The second-order valence-electron chi connectivity index (χ2n) is 18.6. The number of aryl methyl sites for hydroxylation is 1. The van der Waals surface area contributed by atoms with E-state index < -0.39 is 5.92 Å². The van der Waals surface area contributed by atoms with E-state index in [1.165, 1.54) is 40.7 Å². The molecule has 0 fully saturated rings. The third-order valence-electron chi connectivity index (χ3n) is 14.8. The minimum absolute atomic E-state index is 0.354. The maximum absolute atomic E-state index is 11.3. The first-order valence-electron chi connectivity index (χ1n) is 24.0. The van der Waals surface area contributed by atoms with Crippen LogP contribution in [0, 0.1) is 42.4 Å². The van der Waals surface area contributed by atoms with Crippen molar-refractivity contribution < 1.29 is 0 Å². The molecular weight excluding hydrogens is 901 g/mol. The van der Waals surface area contributed by atoms with Crippen molar-refractivity contribution in [3.63, 3.8) is 0 Å². The van der Waals surface area contributed by atoms with Crippen LogP contribution < -0.4 is 0 Å². The van der Waals surface area contributed by atoms with E-state index in [9.17, 15) is 10.5 Å². The first-order valence-corrected chi connectivity index (χ1v) is 25.6.